The van der Waals surface area contributed by atoms with Crippen LogP contribution in [0.15, 0.2) is 67.0 Å². The van der Waals surface area contributed by atoms with E-state index in [2.05, 4.69) is 10.3 Å². The SMILES string of the molecule is O=C(N[C@@H](CCc1cnccc1C(F)(F)F)C(=O)O)OCC1c2ccccc2-c2ccccc21. The number of amides is 1. The van der Waals surface area contributed by atoms with Gasteiger partial charge in [0.25, 0.3) is 0 Å². The summed E-state index contributed by atoms with van der Waals surface area (Å²) >= 11 is 0. The molecule has 176 valence electrons. The molecule has 1 amide bonds. The van der Waals surface area contributed by atoms with Gasteiger partial charge >= 0.3 is 18.2 Å². The molecule has 0 saturated carbocycles. The van der Waals surface area contributed by atoms with Crippen LogP contribution < -0.4 is 5.32 Å². The van der Waals surface area contributed by atoms with Gasteiger partial charge in [-0.1, -0.05) is 48.5 Å². The fourth-order valence-electron chi connectivity index (χ4n) is 4.24. The number of aromatic nitrogens is 1. The number of aliphatic carboxylic acids is 1. The standard InChI is InChI=1S/C25H21F3N2O4/c26-25(27,28)21-11-12-29-13-15(21)9-10-22(23(31)32)30-24(33)34-14-20-18-7-3-1-5-16(18)17-6-2-4-8-19(17)20/h1-8,11-13,20,22H,9-10,14H2,(H,30,33)(H,31,32)/t22-/m0/s1. The third kappa shape index (κ3) is 4.88. The van der Waals surface area contributed by atoms with Crippen molar-refractivity contribution in [1.29, 1.82) is 0 Å². The molecule has 9 heteroatoms. The quantitative estimate of drug-likeness (QED) is 0.506. The Hall–Kier alpha value is -3.88. The Morgan fingerprint density at radius 1 is 1.03 bits per heavy atom. The first-order valence-corrected chi connectivity index (χ1v) is 10.6. The van der Waals surface area contributed by atoms with Crippen molar-refractivity contribution in [3.63, 3.8) is 0 Å². The molecule has 4 rings (SSSR count). The van der Waals surface area contributed by atoms with Crippen molar-refractivity contribution in [2.45, 2.75) is 31.0 Å². The smallest absolute Gasteiger partial charge is 0.416 e. The van der Waals surface area contributed by atoms with Crippen LogP contribution in [0.1, 0.15) is 34.6 Å². The molecule has 1 aromatic heterocycles. The third-order valence-electron chi connectivity index (χ3n) is 5.85. The average molecular weight is 470 g/mol. The molecule has 3 aromatic rings. The summed E-state index contributed by atoms with van der Waals surface area (Å²) in [5.41, 5.74) is 3.08. The number of alkyl halides is 3. The number of carbonyl (C=O) groups excluding carboxylic acids is 1. The number of nitrogens with zero attached hydrogens (tertiary/aromatic N) is 1. The van der Waals surface area contributed by atoms with Gasteiger partial charge in [0.15, 0.2) is 0 Å². The number of rotatable bonds is 7. The second-order valence-electron chi connectivity index (χ2n) is 7.93. The number of pyridine rings is 1. The third-order valence-corrected chi connectivity index (χ3v) is 5.85. The minimum atomic E-state index is -4.59. The van der Waals surface area contributed by atoms with E-state index in [9.17, 15) is 27.9 Å². The van der Waals surface area contributed by atoms with E-state index in [1.807, 2.05) is 48.5 Å². The summed E-state index contributed by atoms with van der Waals surface area (Å²) in [6, 6.07) is 14.9. The number of carbonyl (C=O) groups is 2. The minimum Gasteiger partial charge on any atom is -0.480 e. The van der Waals surface area contributed by atoms with E-state index in [-0.39, 0.29) is 30.9 Å². The zero-order valence-electron chi connectivity index (χ0n) is 17.9. The lowest BCUT2D eigenvalue weighted by Gasteiger charge is -2.18. The van der Waals surface area contributed by atoms with Crippen LogP contribution in [0, 0.1) is 0 Å². The first-order chi connectivity index (χ1) is 16.3. The highest BCUT2D eigenvalue weighted by molar-refractivity contribution is 5.81. The van der Waals surface area contributed by atoms with Crippen LogP contribution in [0.2, 0.25) is 0 Å². The second kappa shape index (κ2) is 9.54. The van der Waals surface area contributed by atoms with E-state index in [1.165, 1.54) is 0 Å². The lowest BCUT2D eigenvalue weighted by Crippen LogP contribution is -2.41. The topological polar surface area (TPSA) is 88.5 Å². The second-order valence-corrected chi connectivity index (χ2v) is 7.93. The van der Waals surface area contributed by atoms with Crippen LogP contribution in [-0.2, 0) is 22.1 Å². The van der Waals surface area contributed by atoms with Gasteiger partial charge in [0, 0.05) is 18.3 Å². The average Bonchev–Trinajstić information content (AvgIpc) is 3.13. The number of alkyl carbamates (subject to hydrolysis) is 1. The summed E-state index contributed by atoms with van der Waals surface area (Å²) < 4.78 is 44.8. The highest BCUT2D eigenvalue weighted by Crippen LogP contribution is 2.44. The molecular weight excluding hydrogens is 449 g/mol. The van der Waals surface area contributed by atoms with E-state index < -0.39 is 29.8 Å². The van der Waals surface area contributed by atoms with Gasteiger partial charge in [-0.25, -0.2) is 9.59 Å². The Bertz CT molecular complexity index is 1170. The first-order valence-electron chi connectivity index (χ1n) is 10.6. The Kier molecular flexibility index (Phi) is 6.54. The van der Waals surface area contributed by atoms with E-state index in [1.54, 1.807) is 0 Å². The fourth-order valence-corrected chi connectivity index (χ4v) is 4.24. The molecule has 6 nitrogen and oxygen atoms in total. The zero-order valence-corrected chi connectivity index (χ0v) is 17.9. The maximum Gasteiger partial charge on any atom is 0.416 e. The molecule has 34 heavy (non-hydrogen) atoms. The van der Waals surface area contributed by atoms with Crippen LogP contribution in [0.4, 0.5) is 18.0 Å². The van der Waals surface area contributed by atoms with Gasteiger partial charge < -0.3 is 15.2 Å². The summed E-state index contributed by atoms with van der Waals surface area (Å²) in [4.78, 5) is 27.7. The Balaban J connectivity index is 1.40. The maximum absolute atomic E-state index is 13.2. The van der Waals surface area contributed by atoms with Crippen LogP contribution in [0.25, 0.3) is 11.1 Å². The highest BCUT2D eigenvalue weighted by atomic mass is 19.4. The van der Waals surface area contributed by atoms with Gasteiger partial charge in [-0.2, -0.15) is 13.2 Å². The van der Waals surface area contributed by atoms with Crippen molar-refractivity contribution in [2.24, 2.45) is 0 Å². The van der Waals surface area contributed by atoms with Crippen molar-refractivity contribution in [1.82, 2.24) is 10.3 Å². The van der Waals surface area contributed by atoms with Gasteiger partial charge in [0.2, 0.25) is 0 Å². The number of carboxylic acids is 1. The van der Waals surface area contributed by atoms with Gasteiger partial charge in [-0.15, -0.1) is 0 Å². The first kappa shape index (κ1) is 23.3. The molecule has 0 unspecified atom stereocenters. The van der Waals surface area contributed by atoms with Crippen molar-refractivity contribution >= 4 is 12.1 Å². The molecule has 1 aliphatic rings. The Morgan fingerprint density at radius 2 is 1.65 bits per heavy atom. The van der Waals surface area contributed by atoms with E-state index in [4.69, 9.17) is 4.74 Å². The van der Waals surface area contributed by atoms with E-state index in [0.717, 1.165) is 40.7 Å². The molecule has 0 spiro atoms. The number of ether oxygens (including phenoxy) is 1. The zero-order chi connectivity index (χ0) is 24.3. The van der Waals surface area contributed by atoms with Gasteiger partial charge in [-0.3, -0.25) is 4.98 Å². The lowest BCUT2D eigenvalue weighted by atomic mass is 9.98. The predicted octanol–water partition coefficient (Wildman–Crippen LogP) is 5.02. The molecule has 2 N–H and O–H groups in total. The molecule has 0 radical (unpaired) electrons. The summed E-state index contributed by atoms with van der Waals surface area (Å²) in [7, 11) is 0. The molecule has 0 saturated heterocycles. The number of fused-ring (bicyclic) bond motifs is 3. The van der Waals surface area contributed by atoms with Crippen molar-refractivity contribution < 1.29 is 32.6 Å². The van der Waals surface area contributed by atoms with E-state index >= 15 is 0 Å². The molecule has 0 fully saturated rings. The number of halogens is 3. The molecule has 0 bridgehead atoms. The molecule has 0 aliphatic heterocycles. The number of hydrogen-bond acceptors (Lipinski definition) is 4. The van der Waals surface area contributed by atoms with Crippen LogP contribution in [0.3, 0.4) is 0 Å². The number of carboxylic acid groups (broad SMARTS) is 1. The van der Waals surface area contributed by atoms with Crippen molar-refractivity contribution in [2.75, 3.05) is 6.61 Å². The van der Waals surface area contributed by atoms with Crippen LogP contribution >= 0.6 is 0 Å². The Labute approximate surface area is 193 Å². The van der Waals surface area contributed by atoms with Gasteiger partial charge in [0.05, 0.1) is 5.56 Å². The Morgan fingerprint density at radius 3 is 2.24 bits per heavy atom. The molecule has 1 aliphatic carbocycles. The van der Waals surface area contributed by atoms with Gasteiger partial charge in [0.1, 0.15) is 12.6 Å². The monoisotopic (exact) mass is 470 g/mol. The highest BCUT2D eigenvalue weighted by Gasteiger charge is 2.34. The summed E-state index contributed by atoms with van der Waals surface area (Å²) in [5.74, 6) is -1.57. The van der Waals surface area contributed by atoms with Gasteiger partial charge in [-0.05, 0) is 46.7 Å². The normalized spacial score (nSPS) is 13.6. The number of benzene rings is 2. The molecular formula is C25H21F3N2O4. The van der Waals surface area contributed by atoms with Crippen molar-refractivity contribution in [3.05, 3.63) is 89.2 Å². The van der Waals surface area contributed by atoms with Crippen LogP contribution in [-0.4, -0.2) is 34.8 Å². The minimum absolute atomic E-state index is 0.00692. The van der Waals surface area contributed by atoms with E-state index in [0.29, 0.717) is 0 Å². The number of nitrogens with one attached hydrogen (secondary N) is 1. The molecule has 1 heterocycles. The largest absolute Gasteiger partial charge is 0.480 e. The summed E-state index contributed by atoms with van der Waals surface area (Å²) in [6.45, 7) is -0.00692. The molecule has 1 atom stereocenters. The summed E-state index contributed by atoms with van der Waals surface area (Å²) in [6.07, 6.45) is -3.95. The van der Waals surface area contributed by atoms with Crippen molar-refractivity contribution in [3.8, 4) is 11.1 Å². The summed E-state index contributed by atoms with van der Waals surface area (Å²) in [5, 5.41) is 11.7. The van der Waals surface area contributed by atoms with Crippen LogP contribution in [0.5, 0.6) is 0 Å². The predicted molar refractivity (Wildman–Crippen MR) is 117 cm³/mol. The number of aryl methyl sites for hydroxylation is 1. The molecule has 2 aromatic carbocycles. The maximum atomic E-state index is 13.2. The lowest BCUT2D eigenvalue weighted by molar-refractivity contribution is -0.139. The fraction of sp³-hybridized carbons (Fsp3) is 0.240. The number of hydrogen-bond donors (Lipinski definition) is 2.